The highest BCUT2D eigenvalue weighted by molar-refractivity contribution is 6.00. The van der Waals surface area contributed by atoms with Gasteiger partial charge >= 0.3 is 6.03 Å². The summed E-state index contributed by atoms with van der Waals surface area (Å²) < 4.78 is 11.2. The number of aryl methyl sites for hydroxylation is 1. The summed E-state index contributed by atoms with van der Waals surface area (Å²) >= 11 is 0. The molecule has 0 fully saturated rings. The van der Waals surface area contributed by atoms with Gasteiger partial charge in [0.05, 0.1) is 25.4 Å². The molecule has 0 saturated heterocycles. The van der Waals surface area contributed by atoms with Gasteiger partial charge in [0, 0.05) is 36.8 Å². The molecule has 0 radical (unpaired) electrons. The fraction of sp³-hybridized carbons (Fsp3) is 0.312. The number of hydrogen-bond donors (Lipinski definition) is 2. The number of amides is 2. The molecular weight excluding hydrogens is 488 g/mol. The molecule has 2 amide bonds. The van der Waals surface area contributed by atoms with E-state index in [1.165, 1.54) is 16.7 Å². The summed E-state index contributed by atoms with van der Waals surface area (Å²) in [5.41, 5.74) is 6.41. The Morgan fingerprint density at radius 2 is 1.74 bits per heavy atom. The number of para-hydroxylation sites is 1. The number of fused-ring (bicyclic) bond motifs is 2. The number of urea groups is 1. The highest BCUT2D eigenvalue weighted by atomic mass is 16.5. The van der Waals surface area contributed by atoms with Gasteiger partial charge in [-0.1, -0.05) is 48.5 Å². The van der Waals surface area contributed by atoms with Crippen LogP contribution in [0.4, 0.5) is 10.5 Å². The fourth-order valence-electron chi connectivity index (χ4n) is 5.49. The standard InChI is InChI=1S/C32H36N4O3/c1-22-18-28(25-12-7-8-13-27(25)34-22)35-32(37)33-15-9-16-36-17-14-24-20-30(38-2)31(39-3)21-26(24)29(36)19-23-10-5-4-6-11-23/h4-8,10-13,18,20-21,29H,9,14-17,19H2,1-3H3,(H2,33,34,35,37). The number of ether oxygens (including phenoxy) is 2. The number of rotatable bonds is 9. The maximum atomic E-state index is 12.7. The maximum absolute atomic E-state index is 12.7. The SMILES string of the molecule is COc1cc2c(cc1OC)C(Cc1ccccc1)N(CCCNC(=O)Nc1cc(C)nc3ccccc13)CC2. The Balaban J connectivity index is 1.24. The number of aromatic nitrogens is 1. The summed E-state index contributed by atoms with van der Waals surface area (Å²) in [5.74, 6) is 1.53. The first-order chi connectivity index (χ1) is 19.1. The van der Waals surface area contributed by atoms with Crippen molar-refractivity contribution in [3.63, 3.8) is 0 Å². The maximum Gasteiger partial charge on any atom is 0.319 e. The van der Waals surface area contributed by atoms with Crippen LogP contribution in [0.1, 0.15) is 34.8 Å². The van der Waals surface area contributed by atoms with Gasteiger partial charge in [-0.05, 0) is 67.1 Å². The number of nitrogens with zero attached hydrogens (tertiary/aromatic N) is 2. The topological polar surface area (TPSA) is 75.7 Å². The fourth-order valence-corrected chi connectivity index (χ4v) is 5.49. The highest BCUT2D eigenvalue weighted by Gasteiger charge is 2.29. The molecule has 3 aromatic carbocycles. The summed E-state index contributed by atoms with van der Waals surface area (Å²) in [4.78, 5) is 19.8. The minimum absolute atomic E-state index is 0.201. The van der Waals surface area contributed by atoms with Crippen molar-refractivity contribution in [1.82, 2.24) is 15.2 Å². The molecule has 2 heterocycles. The van der Waals surface area contributed by atoms with Crippen molar-refractivity contribution >= 4 is 22.6 Å². The average molecular weight is 525 g/mol. The Kier molecular flexibility index (Phi) is 8.27. The third-order valence-electron chi connectivity index (χ3n) is 7.39. The predicted molar refractivity (Wildman–Crippen MR) is 156 cm³/mol. The van der Waals surface area contributed by atoms with Gasteiger partial charge in [-0.2, -0.15) is 0 Å². The van der Waals surface area contributed by atoms with Crippen LogP contribution in [-0.2, 0) is 12.8 Å². The normalized spacial score (nSPS) is 15.0. The van der Waals surface area contributed by atoms with Crippen LogP contribution < -0.4 is 20.1 Å². The van der Waals surface area contributed by atoms with Crippen molar-refractivity contribution in [2.24, 2.45) is 0 Å². The predicted octanol–water partition coefficient (Wildman–Crippen LogP) is 5.91. The van der Waals surface area contributed by atoms with E-state index in [9.17, 15) is 4.79 Å². The summed E-state index contributed by atoms with van der Waals surface area (Å²) in [6.07, 6.45) is 2.70. The highest BCUT2D eigenvalue weighted by Crippen LogP contribution is 2.39. The van der Waals surface area contributed by atoms with Gasteiger partial charge < -0.3 is 20.1 Å². The molecule has 202 valence electrons. The third kappa shape index (κ3) is 6.15. The molecule has 1 aliphatic rings. The van der Waals surface area contributed by atoms with Crippen LogP contribution in [0.5, 0.6) is 11.5 Å². The molecule has 1 atom stereocenters. The van der Waals surface area contributed by atoms with Gasteiger partial charge in [0.15, 0.2) is 11.5 Å². The lowest BCUT2D eigenvalue weighted by Crippen LogP contribution is -2.39. The van der Waals surface area contributed by atoms with Crippen molar-refractivity contribution in [2.45, 2.75) is 32.2 Å². The third-order valence-corrected chi connectivity index (χ3v) is 7.39. The van der Waals surface area contributed by atoms with Crippen LogP contribution in [0.2, 0.25) is 0 Å². The van der Waals surface area contributed by atoms with Crippen LogP contribution in [0.15, 0.2) is 72.8 Å². The monoisotopic (exact) mass is 524 g/mol. The molecule has 0 aliphatic carbocycles. The number of anilines is 1. The van der Waals surface area contributed by atoms with E-state index in [-0.39, 0.29) is 12.1 Å². The van der Waals surface area contributed by atoms with E-state index in [0.29, 0.717) is 6.54 Å². The first kappa shape index (κ1) is 26.5. The number of nitrogens with one attached hydrogen (secondary N) is 2. The van der Waals surface area contributed by atoms with E-state index in [1.807, 2.05) is 37.3 Å². The van der Waals surface area contributed by atoms with Crippen LogP contribution in [0.25, 0.3) is 10.9 Å². The zero-order chi connectivity index (χ0) is 27.2. The zero-order valence-electron chi connectivity index (χ0n) is 22.9. The minimum atomic E-state index is -0.201. The summed E-state index contributed by atoms with van der Waals surface area (Å²) in [7, 11) is 3.37. The van der Waals surface area contributed by atoms with Crippen LogP contribution in [0.3, 0.4) is 0 Å². The first-order valence-corrected chi connectivity index (χ1v) is 13.5. The van der Waals surface area contributed by atoms with Crippen molar-refractivity contribution in [3.05, 3.63) is 95.2 Å². The second-order valence-corrected chi connectivity index (χ2v) is 9.96. The van der Waals surface area contributed by atoms with E-state index in [2.05, 4.69) is 63.0 Å². The second-order valence-electron chi connectivity index (χ2n) is 9.96. The molecule has 7 heteroatoms. The minimum Gasteiger partial charge on any atom is -0.493 e. The molecular formula is C32H36N4O3. The number of carbonyl (C=O) groups is 1. The van der Waals surface area contributed by atoms with E-state index in [1.54, 1.807) is 14.2 Å². The molecule has 2 N–H and O–H groups in total. The van der Waals surface area contributed by atoms with E-state index >= 15 is 0 Å². The molecule has 4 aromatic rings. The molecule has 1 aliphatic heterocycles. The van der Waals surface area contributed by atoms with Gasteiger partial charge in [-0.15, -0.1) is 0 Å². The van der Waals surface area contributed by atoms with Crippen LogP contribution >= 0.6 is 0 Å². The Bertz CT molecular complexity index is 1440. The molecule has 0 saturated carbocycles. The lowest BCUT2D eigenvalue weighted by molar-refractivity contribution is 0.180. The molecule has 1 aromatic heterocycles. The summed E-state index contributed by atoms with van der Waals surface area (Å²) in [5, 5.41) is 6.98. The van der Waals surface area contributed by atoms with Crippen molar-refractivity contribution in [3.8, 4) is 11.5 Å². The summed E-state index contributed by atoms with van der Waals surface area (Å²) in [6, 6.07) is 24.6. The van der Waals surface area contributed by atoms with Gasteiger partial charge in [0.1, 0.15) is 0 Å². The lowest BCUT2D eigenvalue weighted by atomic mass is 9.88. The van der Waals surface area contributed by atoms with Crippen LogP contribution in [0, 0.1) is 6.92 Å². The van der Waals surface area contributed by atoms with Gasteiger partial charge in [-0.25, -0.2) is 4.79 Å². The smallest absolute Gasteiger partial charge is 0.319 e. The first-order valence-electron chi connectivity index (χ1n) is 13.5. The van der Waals surface area contributed by atoms with Crippen molar-refractivity contribution in [1.29, 1.82) is 0 Å². The lowest BCUT2D eigenvalue weighted by Gasteiger charge is -2.38. The largest absolute Gasteiger partial charge is 0.493 e. The van der Waals surface area contributed by atoms with Gasteiger partial charge in [-0.3, -0.25) is 9.88 Å². The van der Waals surface area contributed by atoms with Crippen molar-refractivity contribution in [2.75, 3.05) is 39.2 Å². The zero-order valence-corrected chi connectivity index (χ0v) is 22.9. The quantitative estimate of drug-likeness (QED) is 0.266. The number of carbonyl (C=O) groups excluding carboxylic acids is 1. The van der Waals surface area contributed by atoms with Crippen LogP contribution in [-0.4, -0.2) is 49.8 Å². The molecule has 0 bridgehead atoms. The van der Waals surface area contributed by atoms with E-state index in [0.717, 1.165) is 66.1 Å². The number of methoxy groups -OCH3 is 2. The Morgan fingerprint density at radius 3 is 2.54 bits per heavy atom. The second kappa shape index (κ2) is 12.2. The van der Waals surface area contributed by atoms with E-state index < -0.39 is 0 Å². The van der Waals surface area contributed by atoms with E-state index in [4.69, 9.17) is 9.47 Å². The number of pyridine rings is 1. The van der Waals surface area contributed by atoms with Gasteiger partial charge in [0.25, 0.3) is 0 Å². The molecule has 7 nitrogen and oxygen atoms in total. The molecule has 39 heavy (non-hydrogen) atoms. The molecule has 5 rings (SSSR count). The molecule has 1 unspecified atom stereocenters. The average Bonchev–Trinajstić information content (AvgIpc) is 2.96. The van der Waals surface area contributed by atoms with Gasteiger partial charge in [0.2, 0.25) is 0 Å². The van der Waals surface area contributed by atoms with Crippen molar-refractivity contribution < 1.29 is 14.3 Å². The molecule has 0 spiro atoms. The number of benzene rings is 3. The number of hydrogen-bond acceptors (Lipinski definition) is 5. The Labute approximate surface area is 230 Å². The Hall–Kier alpha value is -4.10. The summed E-state index contributed by atoms with van der Waals surface area (Å²) in [6.45, 7) is 4.35. The Morgan fingerprint density at radius 1 is 1.00 bits per heavy atom.